The first-order valence-corrected chi connectivity index (χ1v) is 10.3. The number of rotatable bonds is 0. The summed E-state index contributed by atoms with van der Waals surface area (Å²) in [5, 5.41) is 0. The van der Waals surface area contributed by atoms with Gasteiger partial charge in [0, 0.05) is 48.3 Å². The van der Waals surface area contributed by atoms with Gasteiger partial charge in [-0.25, -0.2) is 0 Å². The molecule has 5 heteroatoms. The number of ketones is 1. The molecule has 92 valence electrons. The van der Waals surface area contributed by atoms with E-state index < -0.39 is 0 Å². The average Bonchev–Trinajstić information content (AvgIpc) is 2.65. The smallest absolute Gasteiger partial charge is 0.194 e. The molecule has 1 aliphatic rings. The number of halogens is 4. The van der Waals surface area contributed by atoms with Gasteiger partial charge in [-0.15, -0.1) is 0 Å². The molecular formula is C13H6Br4O. The highest BCUT2D eigenvalue weighted by Crippen LogP contribution is 2.38. The summed E-state index contributed by atoms with van der Waals surface area (Å²) in [7, 11) is 0. The molecule has 18 heavy (non-hydrogen) atoms. The average molecular weight is 498 g/mol. The zero-order valence-corrected chi connectivity index (χ0v) is 15.2. The fourth-order valence-corrected chi connectivity index (χ4v) is 2.75. The molecule has 0 N–H and O–H groups in total. The first-order chi connectivity index (χ1) is 8.66. The third-order valence-electron chi connectivity index (χ3n) is 2.74. The topological polar surface area (TPSA) is 17.1 Å². The Balaban J connectivity index is 0.000000574. The zero-order chi connectivity index (χ0) is 13.3. The van der Waals surface area contributed by atoms with Crippen molar-refractivity contribution >= 4 is 65.9 Å². The Hall–Kier alpha value is 0.0300. The maximum absolute atomic E-state index is 12.2. The minimum atomic E-state index is 0.104. The largest absolute Gasteiger partial charge is 0.289 e. The number of benzene rings is 2. The summed E-state index contributed by atoms with van der Waals surface area (Å²) < 4.78 is 1.87. The Morgan fingerprint density at radius 2 is 1.06 bits per heavy atom. The van der Waals surface area contributed by atoms with Gasteiger partial charge >= 0.3 is 0 Å². The molecule has 0 aromatic heterocycles. The fourth-order valence-electron chi connectivity index (χ4n) is 2.02. The van der Waals surface area contributed by atoms with E-state index in [1.807, 2.05) is 36.4 Å². The van der Waals surface area contributed by atoms with E-state index >= 15 is 0 Å². The highest BCUT2D eigenvalue weighted by Gasteiger charge is 2.26. The van der Waals surface area contributed by atoms with Gasteiger partial charge in [-0.2, -0.15) is 0 Å². The van der Waals surface area contributed by atoms with Crippen molar-refractivity contribution in [1.29, 1.82) is 0 Å². The normalized spacial score (nSPS) is 11.4. The molecule has 0 heterocycles. The molecule has 0 atom stereocenters. The number of hydrogen-bond acceptors (Lipinski definition) is 1. The van der Waals surface area contributed by atoms with Crippen LogP contribution in [0.5, 0.6) is 0 Å². The molecule has 3 rings (SSSR count). The summed E-state index contributed by atoms with van der Waals surface area (Å²) in [6.45, 7) is 0. The lowest BCUT2D eigenvalue weighted by molar-refractivity contribution is 0.104. The number of fused-ring (bicyclic) bond motifs is 3. The minimum absolute atomic E-state index is 0.104. The van der Waals surface area contributed by atoms with Crippen LogP contribution >= 0.6 is 60.1 Å². The SMILES string of the molecule is BrBr.O=C1c2cc(Br)ccc2-c2ccc(Br)cc21. The molecule has 0 spiro atoms. The van der Waals surface area contributed by atoms with E-state index in [-0.39, 0.29) is 5.78 Å². The molecule has 0 amide bonds. The highest BCUT2D eigenvalue weighted by molar-refractivity contribution is 9.93. The molecule has 0 saturated heterocycles. The van der Waals surface area contributed by atoms with Gasteiger partial charge in [-0.3, -0.25) is 4.79 Å². The summed E-state index contributed by atoms with van der Waals surface area (Å²) in [6.07, 6.45) is 0. The molecule has 0 fully saturated rings. The predicted octanol–water partition coefficient (Wildman–Crippen LogP) is 6.11. The van der Waals surface area contributed by atoms with Gasteiger partial charge < -0.3 is 0 Å². The number of hydrogen-bond donors (Lipinski definition) is 0. The first-order valence-electron chi connectivity index (χ1n) is 4.95. The van der Waals surface area contributed by atoms with E-state index in [0.717, 1.165) is 31.2 Å². The van der Waals surface area contributed by atoms with E-state index in [0.29, 0.717) is 0 Å². The molecule has 0 bridgehead atoms. The summed E-state index contributed by atoms with van der Waals surface area (Å²) >= 11 is 12.3. The second kappa shape index (κ2) is 5.99. The summed E-state index contributed by atoms with van der Waals surface area (Å²) in [5.74, 6) is 0.104. The van der Waals surface area contributed by atoms with Crippen molar-refractivity contribution in [3.05, 3.63) is 56.5 Å². The third kappa shape index (κ3) is 2.50. The Bertz CT molecular complexity index is 569. The maximum atomic E-state index is 12.2. The summed E-state index contributed by atoms with van der Waals surface area (Å²) in [6, 6.07) is 11.7. The Morgan fingerprint density at radius 1 is 0.667 bits per heavy atom. The van der Waals surface area contributed by atoms with E-state index in [2.05, 4.69) is 60.1 Å². The fraction of sp³-hybridized carbons (Fsp3) is 0. The van der Waals surface area contributed by atoms with Crippen molar-refractivity contribution in [2.45, 2.75) is 0 Å². The molecular weight excluding hydrogens is 492 g/mol. The Morgan fingerprint density at radius 3 is 1.44 bits per heavy atom. The van der Waals surface area contributed by atoms with Crippen LogP contribution in [0.1, 0.15) is 15.9 Å². The Kier molecular flexibility index (Phi) is 4.80. The predicted molar refractivity (Wildman–Crippen MR) is 88.6 cm³/mol. The van der Waals surface area contributed by atoms with E-state index in [9.17, 15) is 4.79 Å². The number of carbonyl (C=O) groups is 1. The van der Waals surface area contributed by atoms with Crippen molar-refractivity contribution in [1.82, 2.24) is 0 Å². The van der Waals surface area contributed by atoms with E-state index in [4.69, 9.17) is 0 Å². The van der Waals surface area contributed by atoms with Crippen LogP contribution in [0.3, 0.4) is 0 Å². The lowest BCUT2D eigenvalue weighted by atomic mass is 10.1. The van der Waals surface area contributed by atoms with Gasteiger partial charge in [0.15, 0.2) is 5.78 Å². The Labute approximate surface area is 137 Å². The highest BCUT2D eigenvalue weighted by atomic mass is 80.9. The quantitative estimate of drug-likeness (QED) is 0.366. The second-order valence-corrected chi connectivity index (χ2v) is 5.54. The van der Waals surface area contributed by atoms with E-state index in [1.165, 1.54) is 0 Å². The van der Waals surface area contributed by atoms with Gasteiger partial charge in [0.1, 0.15) is 0 Å². The van der Waals surface area contributed by atoms with Crippen LogP contribution in [-0.4, -0.2) is 5.78 Å². The molecule has 1 aliphatic carbocycles. The van der Waals surface area contributed by atoms with E-state index in [1.54, 1.807) is 0 Å². The van der Waals surface area contributed by atoms with Crippen LogP contribution in [0.25, 0.3) is 11.1 Å². The molecule has 0 aliphatic heterocycles. The van der Waals surface area contributed by atoms with Crippen LogP contribution in [-0.2, 0) is 0 Å². The lowest BCUT2D eigenvalue weighted by Gasteiger charge is -1.99. The van der Waals surface area contributed by atoms with Crippen molar-refractivity contribution in [3.8, 4) is 11.1 Å². The van der Waals surface area contributed by atoms with Crippen molar-refractivity contribution in [3.63, 3.8) is 0 Å². The second-order valence-electron chi connectivity index (χ2n) is 3.71. The summed E-state index contributed by atoms with van der Waals surface area (Å²) in [5.41, 5.74) is 3.61. The van der Waals surface area contributed by atoms with Gasteiger partial charge in [0.2, 0.25) is 0 Å². The molecule has 0 radical (unpaired) electrons. The van der Waals surface area contributed by atoms with Crippen LogP contribution in [0.4, 0.5) is 0 Å². The molecule has 1 nitrogen and oxygen atoms in total. The third-order valence-corrected chi connectivity index (χ3v) is 3.73. The van der Waals surface area contributed by atoms with Crippen molar-refractivity contribution in [2.24, 2.45) is 0 Å². The maximum Gasteiger partial charge on any atom is 0.194 e. The van der Waals surface area contributed by atoms with Crippen molar-refractivity contribution in [2.75, 3.05) is 0 Å². The van der Waals surface area contributed by atoms with Gasteiger partial charge in [-0.1, -0.05) is 44.0 Å². The summed E-state index contributed by atoms with van der Waals surface area (Å²) in [4.78, 5) is 12.2. The van der Waals surface area contributed by atoms with Gasteiger partial charge in [0.05, 0.1) is 0 Å². The molecule has 2 aromatic carbocycles. The standard InChI is InChI=1S/C13H6Br2O.Br2/c14-7-1-3-9-10-4-2-8(15)6-12(10)13(16)11(9)5-7;1-2/h1-6H;. The minimum Gasteiger partial charge on any atom is -0.289 e. The van der Waals surface area contributed by atoms with Crippen LogP contribution in [0, 0.1) is 0 Å². The van der Waals surface area contributed by atoms with Crippen LogP contribution in [0.2, 0.25) is 0 Å². The van der Waals surface area contributed by atoms with Crippen LogP contribution < -0.4 is 0 Å². The molecule has 2 aromatic rings. The van der Waals surface area contributed by atoms with Crippen molar-refractivity contribution < 1.29 is 4.79 Å². The number of carbonyl (C=O) groups excluding carboxylic acids is 1. The van der Waals surface area contributed by atoms with Gasteiger partial charge in [0.25, 0.3) is 0 Å². The zero-order valence-electron chi connectivity index (χ0n) is 8.88. The molecule has 0 unspecified atom stereocenters. The molecule has 0 saturated carbocycles. The monoisotopic (exact) mass is 494 g/mol. The first kappa shape index (κ1) is 14.4. The lowest BCUT2D eigenvalue weighted by Crippen LogP contribution is -1.94. The van der Waals surface area contributed by atoms with Crippen LogP contribution in [0.15, 0.2) is 45.3 Å². The van der Waals surface area contributed by atoms with Gasteiger partial charge in [-0.05, 0) is 35.4 Å².